The van der Waals surface area contributed by atoms with Gasteiger partial charge in [0, 0.05) is 17.1 Å². The van der Waals surface area contributed by atoms with E-state index >= 15 is 0 Å². The summed E-state index contributed by atoms with van der Waals surface area (Å²) in [6, 6.07) is 14.0. The maximum atomic E-state index is 13.5. The van der Waals surface area contributed by atoms with Crippen LogP contribution in [0.4, 0.5) is 4.39 Å². The van der Waals surface area contributed by atoms with E-state index in [2.05, 4.69) is 4.99 Å². The Kier molecular flexibility index (Phi) is 6.41. The van der Waals surface area contributed by atoms with Gasteiger partial charge in [0.05, 0.1) is 17.3 Å². The number of fused-ring (bicyclic) bond motifs is 1. The number of nitrogens with zero attached hydrogens (tertiary/aromatic N) is 2. The molecule has 0 unspecified atom stereocenters. The number of rotatable bonds is 6. The minimum absolute atomic E-state index is 0.0903. The molecule has 0 spiro atoms. The summed E-state index contributed by atoms with van der Waals surface area (Å²) >= 11 is 2.75. The Hall–Kier alpha value is -2.45. The summed E-state index contributed by atoms with van der Waals surface area (Å²) < 4.78 is 20.4. The normalized spacial score (nSPS) is 11.7. The number of halogens is 1. The number of aromatic nitrogens is 1. The predicted octanol–water partition coefficient (Wildman–Crippen LogP) is 3.62. The quantitative estimate of drug-likeness (QED) is 0.465. The Morgan fingerprint density at radius 2 is 2.00 bits per heavy atom. The Balaban J connectivity index is 1.81. The first-order valence-corrected chi connectivity index (χ1v) is 9.98. The van der Waals surface area contributed by atoms with Crippen LogP contribution in [-0.4, -0.2) is 29.3 Å². The van der Waals surface area contributed by atoms with Crippen LogP contribution in [0.5, 0.6) is 0 Å². The number of ether oxygens (including phenoxy) is 1. The third-order valence-electron chi connectivity index (χ3n) is 3.71. The van der Waals surface area contributed by atoms with Crippen molar-refractivity contribution in [3.63, 3.8) is 0 Å². The second kappa shape index (κ2) is 8.96. The number of thiazole rings is 1. The van der Waals surface area contributed by atoms with Crippen LogP contribution in [0.3, 0.4) is 0 Å². The van der Waals surface area contributed by atoms with Crippen molar-refractivity contribution in [3.05, 3.63) is 59.1 Å². The molecule has 3 aromatic rings. The Morgan fingerprint density at radius 3 is 2.74 bits per heavy atom. The van der Waals surface area contributed by atoms with E-state index in [1.807, 2.05) is 30.3 Å². The molecule has 0 aliphatic rings. The number of thioether (sulfide) groups is 1. The number of hydrogen-bond donors (Lipinski definition) is 0. The first-order valence-electron chi connectivity index (χ1n) is 8.18. The van der Waals surface area contributed by atoms with E-state index in [1.54, 1.807) is 22.4 Å². The van der Waals surface area contributed by atoms with Crippen LogP contribution >= 0.6 is 23.1 Å². The fourth-order valence-electron chi connectivity index (χ4n) is 2.41. The van der Waals surface area contributed by atoms with Gasteiger partial charge in [-0.15, -0.1) is 11.8 Å². The molecule has 1 aromatic heterocycles. The summed E-state index contributed by atoms with van der Waals surface area (Å²) in [6.07, 6.45) is 0.264. The van der Waals surface area contributed by atoms with Crippen molar-refractivity contribution in [2.24, 2.45) is 4.99 Å². The highest BCUT2D eigenvalue weighted by Crippen LogP contribution is 2.20. The first-order chi connectivity index (χ1) is 13.1. The summed E-state index contributed by atoms with van der Waals surface area (Å²) in [6.45, 7) is -0.0903. The lowest BCUT2D eigenvalue weighted by Gasteiger charge is -2.03. The van der Waals surface area contributed by atoms with Gasteiger partial charge in [0.15, 0.2) is 4.80 Å². The van der Waals surface area contributed by atoms with E-state index in [-0.39, 0.29) is 24.7 Å². The van der Waals surface area contributed by atoms with Gasteiger partial charge in [-0.2, -0.15) is 4.99 Å². The first kappa shape index (κ1) is 19.3. The number of benzene rings is 2. The lowest BCUT2D eigenvalue weighted by molar-refractivity contribution is -0.141. The van der Waals surface area contributed by atoms with Crippen LogP contribution in [-0.2, 0) is 20.9 Å². The van der Waals surface area contributed by atoms with Gasteiger partial charge >= 0.3 is 5.97 Å². The molecule has 140 valence electrons. The zero-order chi connectivity index (χ0) is 19.2. The van der Waals surface area contributed by atoms with Crippen molar-refractivity contribution in [1.29, 1.82) is 0 Å². The standard InChI is InChI=1S/C19H17FN2O3S2/c1-25-18(24)12-22-15-8-7-13(20)11-16(15)27-19(22)21-17(23)9-10-26-14-5-3-2-4-6-14/h2-8,11H,9-10,12H2,1H3. The lowest BCUT2D eigenvalue weighted by Crippen LogP contribution is -2.22. The highest BCUT2D eigenvalue weighted by Gasteiger charge is 2.12. The van der Waals surface area contributed by atoms with Gasteiger partial charge in [-0.25, -0.2) is 4.39 Å². The minimum Gasteiger partial charge on any atom is -0.468 e. The number of carbonyl (C=O) groups is 2. The highest BCUT2D eigenvalue weighted by molar-refractivity contribution is 7.99. The van der Waals surface area contributed by atoms with Crippen LogP contribution in [0.2, 0.25) is 0 Å². The molecule has 0 saturated carbocycles. The van der Waals surface area contributed by atoms with Crippen LogP contribution in [0.25, 0.3) is 10.2 Å². The molecule has 0 N–H and O–H groups in total. The van der Waals surface area contributed by atoms with Crippen LogP contribution < -0.4 is 4.80 Å². The van der Waals surface area contributed by atoms with E-state index in [1.165, 1.54) is 30.6 Å². The smallest absolute Gasteiger partial charge is 0.325 e. The van der Waals surface area contributed by atoms with Crippen molar-refractivity contribution in [3.8, 4) is 0 Å². The third-order valence-corrected chi connectivity index (χ3v) is 5.76. The molecule has 0 fully saturated rings. The number of methoxy groups -OCH3 is 1. The molecule has 1 amide bonds. The molecule has 27 heavy (non-hydrogen) atoms. The largest absolute Gasteiger partial charge is 0.468 e. The topological polar surface area (TPSA) is 60.7 Å². The zero-order valence-electron chi connectivity index (χ0n) is 14.6. The van der Waals surface area contributed by atoms with E-state index in [4.69, 9.17) is 4.74 Å². The van der Waals surface area contributed by atoms with Crippen LogP contribution in [0.1, 0.15) is 6.42 Å². The van der Waals surface area contributed by atoms with Gasteiger partial charge in [-0.3, -0.25) is 9.59 Å². The van der Waals surface area contributed by atoms with Crippen molar-refractivity contribution < 1.29 is 18.7 Å². The average molecular weight is 404 g/mol. The van der Waals surface area contributed by atoms with Crippen molar-refractivity contribution >= 4 is 45.2 Å². The van der Waals surface area contributed by atoms with Crippen LogP contribution in [0, 0.1) is 5.82 Å². The second-order valence-electron chi connectivity index (χ2n) is 5.58. The molecule has 0 radical (unpaired) electrons. The van der Waals surface area contributed by atoms with Crippen molar-refractivity contribution in [2.75, 3.05) is 12.9 Å². The molecule has 5 nitrogen and oxygen atoms in total. The number of carbonyl (C=O) groups excluding carboxylic acids is 2. The average Bonchev–Trinajstić information content (AvgIpc) is 2.98. The molecule has 2 aromatic carbocycles. The summed E-state index contributed by atoms with van der Waals surface area (Å²) in [5.41, 5.74) is 0.636. The summed E-state index contributed by atoms with van der Waals surface area (Å²) in [7, 11) is 1.29. The Labute approximate surface area is 163 Å². The van der Waals surface area contributed by atoms with Gasteiger partial charge < -0.3 is 9.30 Å². The fourth-order valence-corrected chi connectivity index (χ4v) is 4.35. The molecular formula is C19H17FN2O3S2. The van der Waals surface area contributed by atoms with Crippen LogP contribution in [0.15, 0.2) is 58.4 Å². The summed E-state index contributed by atoms with van der Waals surface area (Å²) in [4.78, 5) is 29.6. The number of amides is 1. The maximum Gasteiger partial charge on any atom is 0.325 e. The van der Waals surface area contributed by atoms with Gasteiger partial charge in [-0.05, 0) is 30.3 Å². The van der Waals surface area contributed by atoms with E-state index < -0.39 is 5.97 Å². The molecule has 0 aliphatic carbocycles. The molecule has 0 atom stereocenters. The van der Waals surface area contributed by atoms with Gasteiger partial charge in [0.1, 0.15) is 12.4 Å². The van der Waals surface area contributed by atoms with E-state index in [0.29, 0.717) is 20.8 Å². The Morgan fingerprint density at radius 1 is 1.22 bits per heavy atom. The third kappa shape index (κ3) is 5.05. The fraction of sp³-hybridized carbons (Fsp3) is 0.211. The minimum atomic E-state index is -0.465. The molecule has 0 bridgehead atoms. The molecule has 0 saturated heterocycles. The maximum absolute atomic E-state index is 13.5. The molecule has 0 aliphatic heterocycles. The summed E-state index contributed by atoms with van der Waals surface area (Å²) in [5, 5.41) is 0. The SMILES string of the molecule is COC(=O)Cn1c(=NC(=O)CCSc2ccccc2)sc2cc(F)ccc21. The van der Waals surface area contributed by atoms with Gasteiger partial charge in [0.2, 0.25) is 5.91 Å². The molecule has 3 rings (SSSR count). The molecule has 1 heterocycles. The second-order valence-corrected chi connectivity index (χ2v) is 7.75. The van der Waals surface area contributed by atoms with E-state index in [9.17, 15) is 14.0 Å². The van der Waals surface area contributed by atoms with E-state index in [0.717, 1.165) is 4.90 Å². The highest BCUT2D eigenvalue weighted by atomic mass is 32.2. The van der Waals surface area contributed by atoms with Gasteiger partial charge in [0.25, 0.3) is 0 Å². The lowest BCUT2D eigenvalue weighted by atomic mass is 10.3. The number of hydrogen-bond acceptors (Lipinski definition) is 5. The summed E-state index contributed by atoms with van der Waals surface area (Å²) in [5.74, 6) is -0.536. The number of esters is 1. The Bertz CT molecular complexity index is 1030. The predicted molar refractivity (Wildman–Crippen MR) is 104 cm³/mol. The van der Waals surface area contributed by atoms with Crippen molar-refractivity contribution in [2.45, 2.75) is 17.9 Å². The molecular weight excluding hydrogens is 387 g/mol. The zero-order valence-corrected chi connectivity index (χ0v) is 16.2. The monoisotopic (exact) mass is 404 g/mol. The molecule has 8 heteroatoms. The van der Waals surface area contributed by atoms with Crippen molar-refractivity contribution in [1.82, 2.24) is 4.57 Å². The van der Waals surface area contributed by atoms with Gasteiger partial charge in [-0.1, -0.05) is 29.5 Å².